The molecule has 5 heteroatoms. The lowest BCUT2D eigenvalue weighted by atomic mass is 10.1. The van der Waals surface area contributed by atoms with Gasteiger partial charge in [-0.15, -0.1) is 0 Å². The molecule has 1 atom stereocenters. The summed E-state index contributed by atoms with van der Waals surface area (Å²) in [6.45, 7) is 10.4. The number of hydrogen-bond acceptors (Lipinski definition) is 3. The Bertz CT molecular complexity index is 480. The molecule has 0 N–H and O–H groups in total. The van der Waals surface area contributed by atoms with E-state index in [1.807, 2.05) is 25.7 Å². The number of allylic oxidation sites excluding steroid dienone is 2. The van der Waals surface area contributed by atoms with Gasteiger partial charge in [-0.05, 0) is 69.0 Å². The molecule has 1 saturated heterocycles. The van der Waals surface area contributed by atoms with Crippen molar-refractivity contribution in [1.82, 2.24) is 9.80 Å². The Labute approximate surface area is 142 Å². The molecule has 0 radical (unpaired) electrons. The first kappa shape index (κ1) is 17.4. The first-order chi connectivity index (χ1) is 10.2. The van der Waals surface area contributed by atoms with Crippen LogP contribution in [0.3, 0.4) is 0 Å². The van der Waals surface area contributed by atoms with Crippen molar-refractivity contribution in [3.8, 4) is 0 Å². The number of ether oxygens (including phenoxy) is 1. The molecule has 2 heterocycles. The lowest BCUT2D eigenvalue weighted by Crippen LogP contribution is -2.38. The van der Waals surface area contributed by atoms with Gasteiger partial charge in [0.1, 0.15) is 5.60 Å². The van der Waals surface area contributed by atoms with E-state index in [-0.39, 0.29) is 6.09 Å². The minimum Gasteiger partial charge on any atom is -0.444 e. The fourth-order valence-corrected chi connectivity index (χ4v) is 3.62. The van der Waals surface area contributed by atoms with Crippen LogP contribution in [0.1, 0.15) is 47.0 Å². The average molecular weight is 371 g/mol. The van der Waals surface area contributed by atoms with E-state index < -0.39 is 5.60 Å². The summed E-state index contributed by atoms with van der Waals surface area (Å²) in [6, 6.07) is 0.489. The molecule has 1 unspecified atom stereocenters. The van der Waals surface area contributed by atoms with Gasteiger partial charge in [0.05, 0.1) is 0 Å². The maximum absolute atomic E-state index is 12.2. The van der Waals surface area contributed by atoms with E-state index in [2.05, 4.69) is 40.0 Å². The van der Waals surface area contributed by atoms with E-state index in [0.717, 1.165) is 43.4 Å². The molecule has 0 saturated carbocycles. The van der Waals surface area contributed by atoms with Crippen LogP contribution in [-0.2, 0) is 4.74 Å². The molecule has 0 bridgehead atoms. The van der Waals surface area contributed by atoms with Gasteiger partial charge < -0.3 is 14.5 Å². The summed E-state index contributed by atoms with van der Waals surface area (Å²) in [7, 11) is 0. The minimum absolute atomic E-state index is 0.181. The van der Waals surface area contributed by atoms with E-state index in [9.17, 15) is 4.79 Å². The molecular formula is C17H27BrN2O2. The molecule has 0 aromatic rings. The van der Waals surface area contributed by atoms with E-state index in [4.69, 9.17) is 4.74 Å². The minimum atomic E-state index is -0.425. The van der Waals surface area contributed by atoms with E-state index in [0.29, 0.717) is 6.04 Å². The normalized spacial score (nSPS) is 23.6. The van der Waals surface area contributed by atoms with Crippen LogP contribution in [0.25, 0.3) is 0 Å². The molecule has 1 fully saturated rings. The van der Waals surface area contributed by atoms with E-state index in [1.54, 1.807) is 0 Å². The second kappa shape index (κ2) is 7.07. The SMILES string of the molecule is CC1=CC(Br)=CN(C2CCCN(C(=O)OC(C)(C)C)CC2)C1. The first-order valence-corrected chi connectivity index (χ1v) is 8.82. The van der Waals surface area contributed by atoms with E-state index in [1.165, 1.54) is 5.57 Å². The number of carbonyl (C=O) groups excluding carboxylic acids is 1. The number of rotatable bonds is 1. The maximum Gasteiger partial charge on any atom is 0.410 e. The van der Waals surface area contributed by atoms with Gasteiger partial charge in [-0.25, -0.2) is 4.79 Å². The molecule has 22 heavy (non-hydrogen) atoms. The Kier molecular flexibility index (Phi) is 5.59. The van der Waals surface area contributed by atoms with Gasteiger partial charge in [0.2, 0.25) is 0 Å². The molecule has 0 aromatic heterocycles. The Morgan fingerprint density at radius 1 is 1.32 bits per heavy atom. The van der Waals surface area contributed by atoms with Gasteiger partial charge in [0.25, 0.3) is 0 Å². The highest BCUT2D eigenvalue weighted by atomic mass is 79.9. The van der Waals surface area contributed by atoms with Crippen molar-refractivity contribution in [3.63, 3.8) is 0 Å². The molecule has 0 aliphatic carbocycles. The number of likely N-dealkylation sites (tertiary alicyclic amines) is 1. The predicted octanol–water partition coefficient (Wildman–Crippen LogP) is 4.27. The van der Waals surface area contributed by atoms with Gasteiger partial charge in [-0.1, -0.05) is 5.57 Å². The predicted molar refractivity (Wildman–Crippen MR) is 92.9 cm³/mol. The van der Waals surface area contributed by atoms with Crippen molar-refractivity contribution in [2.75, 3.05) is 19.6 Å². The zero-order valence-electron chi connectivity index (χ0n) is 14.1. The van der Waals surface area contributed by atoms with Gasteiger partial charge in [-0.2, -0.15) is 0 Å². The van der Waals surface area contributed by atoms with Crippen LogP contribution in [0.2, 0.25) is 0 Å². The summed E-state index contributed by atoms with van der Waals surface area (Å²) in [5.74, 6) is 0. The fraction of sp³-hybridized carbons (Fsp3) is 0.706. The van der Waals surface area contributed by atoms with Crippen LogP contribution in [0, 0.1) is 0 Å². The van der Waals surface area contributed by atoms with Crippen molar-refractivity contribution < 1.29 is 9.53 Å². The summed E-state index contributed by atoms with van der Waals surface area (Å²) in [4.78, 5) is 16.5. The Morgan fingerprint density at radius 3 is 2.68 bits per heavy atom. The highest BCUT2D eigenvalue weighted by Gasteiger charge is 2.27. The van der Waals surface area contributed by atoms with Crippen LogP contribution < -0.4 is 0 Å². The summed E-state index contributed by atoms with van der Waals surface area (Å²) in [5.41, 5.74) is 0.938. The van der Waals surface area contributed by atoms with Crippen LogP contribution in [0.4, 0.5) is 4.79 Å². The Balaban J connectivity index is 1.93. The van der Waals surface area contributed by atoms with Crippen LogP contribution in [-0.4, -0.2) is 47.2 Å². The first-order valence-electron chi connectivity index (χ1n) is 8.03. The smallest absolute Gasteiger partial charge is 0.410 e. The maximum atomic E-state index is 12.2. The molecule has 124 valence electrons. The molecule has 0 aromatic carbocycles. The molecule has 2 aliphatic heterocycles. The number of carbonyl (C=O) groups is 1. The number of halogens is 1. The van der Waals surface area contributed by atoms with Crippen LogP contribution >= 0.6 is 15.9 Å². The fourth-order valence-electron chi connectivity index (χ4n) is 2.96. The summed E-state index contributed by atoms with van der Waals surface area (Å²) < 4.78 is 6.62. The van der Waals surface area contributed by atoms with Gasteiger partial charge in [0.15, 0.2) is 0 Å². The quantitative estimate of drug-likeness (QED) is 0.690. The highest BCUT2D eigenvalue weighted by Crippen LogP contribution is 2.25. The monoisotopic (exact) mass is 370 g/mol. The molecule has 0 spiro atoms. The zero-order valence-corrected chi connectivity index (χ0v) is 15.6. The van der Waals surface area contributed by atoms with Crippen LogP contribution in [0.5, 0.6) is 0 Å². The van der Waals surface area contributed by atoms with E-state index >= 15 is 0 Å². The number of hydrogen-bond donors (Lipinski definition) is 0. The lowest BCUT2D eigenvalue weighted by molar-refractivity contribution is 0.0254. The number of nitrogens with zero attached hydrogens (tertiary/aromatic N) is 2. The molecular weight excluding hydrogens is 344 g/mol. The van der Waals surface area contributed by atoms with Gasteiger partial charge >= 0.3 is 6.09 Å². The second-order valence-corrected chi connectivity index (χ2v) is 8.14. The third kappa shape index (κ3) is 5.04. The van der Waals surface area contributed by atoms with Crippen LogP contribution in [0.15, 0.2) is 22.3 Å². The number of amides is 1. The molecule has 1 amide bonds. The van der Waals surface area contributed by atoms with Crippen molar-refractivity contribution in [2.24, 2.45) is 0 Å². The van der Waals surface area contributed by atoms with Gasteiger partial charge in [0, 0.05) is 36.4 Å². The second-order valence-electron chi connectivity index (χ2n) is 7.23. The topological polar surface area (TPSA) is 32.8 Å². The van der Waals surface area contributed by atoms with Crippen molar-refractivity contribution in [3.05, 3.63) is 22.3 Å². The summed E-state index contributed by atoms with van der Waals surface area (Å²) >= 11 is 3.58. The third-order valence-electron chi connectivity index (χ3n) is 3.92. The summed E-state index contributed by atoms with van der Waals surface area (Å²) in [6.07, 6.45) is 7.29. The zero-order chi connectivity index (χ0) is 16.3. The average Bonchev–Trinajstić information content (AvgIpc) is 2.61. The molecule has 2 rings (SSSR count). The summed E-state index contributed by atoms with van der Waals surface area (Å²) in [5, 5.41) is 0. The van der Waals surface area contributed by atoms with Gasteiger partial charge in [-0.3, -0.25) is 0 Å². The van der Waals surface area contributed by atoms with Crippen molar-refractivity contribution >= 4 is 22.0 Å². The standard InChI is InChI=1S/C17H27BrN2O2/c1-13-10-14(18)12-20(11-13)15-6-5-8-19(9-7-15)16(21)22-17(2,3)4/h10,12,15H,5-9,11H2,1-4H3. The Morgan fingerprint density at radius 2 is 2.05 bits per heavy atom. The van der Waals surface area contributed by atoms with Crippen molar-refractivity contribution in [2.45, 2.75) is 58.6 Å². The molecule has 2 aliphatic rings. The molecule has 4 nitrogen and oxygen atoms in total. The third-order valence-corrected chi connectivity index (χ3v) is 4.36. The lowest BCUT2D eigenvalue weighted by Gasteiger charge is -2.33. The highest BCUT2D eigenvalue weighted by molar-refractivity contribution is 9.11. The van der Waals surface area contributed by atoms with Crippen molar-refractivity contribution in [1.29, 1.82) is 0 Å². The Hall–Kier alpha value is -0.970. The largest absolute Gasteiger partial charge is 0.444 e.